The molecule has 2 aliphatic rings. The molecule has 1 saturated heterocycles. The zero-order valence-electron chi connectivity index (χ0n) is 16.5. The van der Waals surface area contributed by atoms with Gasteiger partial charge in [0.25, 0.3) is 0 Å². The highest BCUT2D eigenvalue weighted by atomic mass is 32.2. The topological polar surface area (TPSA) is 133 Å². The molecule has 0 saturated carbocycles. The second-order valence-corrected chi connectivity index (χ2v) is 9.38. The monoisotopic (exact) mass is 428 g/mol. The Balaban J connectivity index is 1.87. The molecule has 1 N–H and O–H groups in total. The van der Waals surface area contributed by atoms with E-state index in [0.29, 0.717) is 61.1 Å². The number of ether oxygens (including phenoxy) is 1. The Kier molecular flexibility index (Phi) is 4.19. The van der Waals surface area contributed by atoms with Gasteiger partial charge in [-0.3, -0.25) is 9.40 Å². The van der Waals surface area contributed by atoms with E-state index in [-0.39, 0.29) is 11.7 Å². The fraction of sp³-hybridized carbons (Fsp3) is 0.444. The van der Waals surface area contributed by atoms with Crippen LogP contribution in [0.4, 0.5) is 11.5 Å². The SMILES string of the molecule is C[C@@H]1COCCN1c1nc2c(c(C#N)nn2-c2cc[nH]n2)c2c1CCN2S(C)(=O)=O. The maximum absolute atomic E-state index is 12.6. The van der Waals surface area contributed by atoms with Gasteiger partial charge in [-0.2, -0.15) is 20.1 Å². The number of pyridine rings is 1. The van der Waals surface area contributed by atoms with Crippen LogP contribution < -0.4 is 9.21 Å². The number of aromatic amines is 1. The van der Waals surface area contributed by atoms with Gasteiger partial charge in [0.1, 0.15) is 11.9 Å². The fourth-order valence-electron chi connectivity index (χ4n) is 4.21. The number of nitrogens with one attached hydrogen (secondary N) is 1. The number of sulfonamides is 1. The fourth-order valence-corrected chi connectivity index (χ4v) is 5.16. The van der Waals surface area contributed by atoms with Crippen molar-refractivity contribution in [1.82, 2.24) is 25.0 Å². The van der Waals surface area contributed by atoms with E-state index in [1.807, 2.05) is 6.92 Å². The van der Waals surface area contributed by atoms with Crippen LogP contribution in [0.3, 0.4) is 0 Å². The lowest BCUT2D eigenvalue weighted by molar-refractivity contribution is 0.0985. The maximum Gasteiger partial charge on any atom is 0.232 e. The molecule has 156 valence electrons. The van der Waals surface area contributed by atoms with Gasteiger partial charge in [0.05, 0.1) is 36.6 Å². The smallest absolute Gasteiger partial charge is 0.232 e. The van der Waals surface area contributed by atoms with Gasteiger partial charge in [0, 0.05) is 30.9 Å². The van der Waals surface area contributed by atoms with Crippen molar-refractivity contribution >= 4 is 32.6 Å². The van der Waals surface area contributed by atoms with Gasteiger partial charge in [-0.25, -0.2) is 13.4 Å². The number of hydrogen-bond donors (Lipinski definition) is 1. The van der Waals surface area contributed by atoms with Crippen LogP contribution in [0.1, 0.15) is 18.2 Å². The average Bonchev–Trinajstić information content (AvgIpc) is 3.44. The Hall–Kier alpha value is -3.17. The van der Waals surface area contributed by atoms with Crippen molar-refractivity contribution in [3.63, 3.8) is 0 Å². The molecule has 5 heterocycles. The second-order valence-electron chi connectivity index (χ2n) is 7.47. The Morgan fingerprint density at radius 3 is 2.87 bits per heavy atom. The molecule has 0 spiro atoms. The van der Waals surface area contributed by atoms with E-state index < -0.39 is 10.0 Å². The molecule has 0 amide bonds. The molecular formula is C18H20N8O3S. The lowest BCUT2D eigenvalue weighted by atomic mass is 10.1. The molecule has 0 bridgehead atoms. The first kappa shape index (κ1) is 18.8. The molecule has 11 nitrogen and oxygen atoms in total. The average molecular weight is 428 g/mol. The Bertz CT molecular complexity index is 1280. The van der Waals surface area contributed by atoms with Crippen molar-refractivity contribution in [3.8, 4) is 11.9 Å². The van der Waals surface area contributed by atoms with Gasteiger partial charge in [-0.1, -0.05) is 0 Å². The first-order valence-electron chi connectivity index (χ1n) is 9.58. The van der Waals surface area contributed by atoms with Gasteiger partial charge in [-0.15, -0.1) is 0 Å². The highest BCUT2D eigenvalue weighted by molar-refractivity contribution is 7.92. The number of nitriles is 1. The molecular weight excluding hydrogens is 408 g/mol. The number of fused-ring (bicyclic) bond motifs is 3. The van der Waals surface area contributed by atoms with Crippen LogP contribution in [-0.2, 0) is 21.2 Å². The zero-order valence-corrected chi connectivity index (χ0v) is 17.3. The minimum absolute atomic E-state index is 0.0808. The number of H-pyrrole nitrogens is 1. The zero-order chi connectivity index (χ0) is 21.0. The Labute approximate surface area is 172 Å². The van der Waals surface area contributed by atoms with Crippen LogP contribution in [0.5, 0.6) is 0 Å². The summed E-state index contributed by atoms with van der Waals surface area (Å²) < 4.78 is 33.6. The van der Waals surface area contributed by atoms with Crippen molar-refractivity contribution < 1.29 is 13.2 Å². The van der Waals surface area contributed by atoms with Crippen molar-refractivity contribution in [2.45, 2.75) is 19.4 Å². The van der Waals surface area contributed by atoms with Gasteiger partial charge < -0.3 is 9.64 Å². The first-order chi connectivity index (χ1) is 14.4. The number of nitrogens with zero attached hydrogens (tertiary/aromatic N) is 7. The van der Waals surface area contributed by atoms with Crippen molar-refractivity contribution in [3.05, 3.63) is 23.5 Å². The number of rotatable bonds is 3. The summed E-state index contributed by atoms with van der Waals surface area (Å²) in [6.07, 6.45) is 3.34. The van der Waals surface area contributed by atoms with Gasteiger partial charge in [0.15, 0.2) is 17.2 Å². The van der Waals surface area contributed by atoms with Crippen LogP contribution in [-0.4, -0.2) is 72.0 Å². The maximum atomic E-state index is 12.6. The molecule has 1 fully saturated rings. The largest absolute Gasteiger partial charge is 0.377 e. The summed E-state index contributed by atoms with van der Waals surface area (Å²) in [5.41, 5.74) is 1.84. The lowest BCUT2D eigenvalue weighted by Gasteiger charge is -2.35. The summed E-state index contributed by atoms with van der Waals surface area (Å²) >= 11 is 0. The Morgan fingerprint density at radius 2 is 2.20 bits per heavy atom. The predicted molar refractivity (Wildman–Crippen MR) is 109 cm³/mol. The third-order valence-corrected chi connectivity index (χ3v) is 6.69. The van der Waals surface area contributed by atoms with E-state index in [0.717, 1.165) is 5.56 Å². The van der Waals surface area contributed by atoms with E-state index in [2.05, 4.69) is 26.3 Å². The summed E-state index contributed by atoms with van der Waals surface area (Å²) in [5, 5.41) is 21.5. The van der Waals surface area contributed by atoms with E-state index in [9.17, 15) is 13.7 Å². The van der Waals surface area contributed by atoms with Crippen molar-refractivity contribution in [1.29, 1.82) is 5.26 Å². The van der Waals surface area contributed by atoms with Crippen LogP contribution >= 0.6 is 0 Å². The number of hydrogen-bond acceptors (Lipinski definition) is 8. The number of aromatic nitrogens is 5. The Morgan fingerprint density at radius 1 is 1.37 bits per heavy atom. The summed E-state index contributed by atoms with van der Waals surface area (Å²) in [7, 11) is -3.54. The van der Waals surface area contributed by atoms with Crippen LogP contribution in [0.15, 0.2) is 12.3 Å². The van der Waals surface area contributed by atoms with E-state index in [1.165, 1.54) is 15.2 Å². The lowest BCUT2D eigenvalue weighted by Crippen LogP contribution is -2.44. The molecule has 30 heavy (non-hydrogen) atoms. The van der Waals surface area contributed by atoms with E-state index >= 15 is 0 Å². The quantitative estimate of drug-likeness (QED) is 0.640. The van der Waals surface area contributed by atoms with Crippen LogP contribution in [0, 0.1) is 11.3 Å². The van der Waals surface area contributed by atoms with Crippen LogP contribution in [0.25, 0.3) is 16.9 Å². The molecule has 12 heteroatoms. The van der Waals surface area contributed by atoms with E-state index in [4.69, 9.17) is 9.72 Å². The minimum atomic E-state index is -3.54. The van der Waals surface area contributed by atoms with Crippen molar-refractivity contribution in [2.75, 3.05) is 41.8 Å². The number of morpholine rings is 1. The molecule has 3 aromatic rings. The van der Waals surface area contributed by atoms with Gasteiger partial charge in [-0.05, 0) is 13.3 Å². The minimum Gasteiger partial charge on any atom is -0.377 e. The molecule has 0 unspecified atom stereocenters. The second kappa shape index (κ2) is 6.68. The third-order valence-electron chi connectivity index (χ3n) is 5.53. The van der Waals surface area contributed by atoms with Gasteiger partial charge in [0.2, 0.25) is 10.0 Å². The molecule has 1 atom stereocenters. The predicted octanol–water partition coefficient (Wildman–Crippen LogP) is 0.562. The standard InChI is InChI=1S/C18H20N8O3S/c1-11-10-29-8-7-24(11)17-12-4-6-25(30(2,27)28)16(12)15-13(9-19)23-26(18(15)21-17)14-3-5-20-22-14/h3,5,11H,4,6-8,10H2,1-2H3,(H,20,22)/t11-/m1/s1. The number of anilines is 2. The molecule has 2 aliphatic heterocycles. The molecule has 0 aliphatic carbocycles. The van der Waals surface area contributed by atoms with Crippen LogP contribution in [0.2, 0.25) is 0 Å². The molecule has 3 aromatic heterocycles. The molecule has 5 rings (SSSR count). The summed E-state index contributed by atoms with van der Waals surface area (Å²) in [5.74, 6) is 1.18. The summed E-state index contributed by atoms with van der Waals surface area (Å²) in [6, 6.07) is 3.89. The van der Waals surface area contributed by atoms with Crippen molar-refractivity contribution in [2.24, 2.45) is 0 Å². The molecule has 0 radical (unpaired) electrons. The normalized spacial score (nSPS) is 19.3. The first-order valence-corrected chi connectivity index (χ1v) is 11.4. The van der Waals surface area contributed by atoms with Gasteiger partial charge >= 0.3 is 0 Å². The third kappa shape index (κ3) is 2.73. The molecule has 0 aromatic carbocycles. The highest BCUT2D eigenvalue weighted by Gasteiger charge is 2.37. The highest BCUT2D eigenvalue weighted by Crippen LogP contribution is 2.43. The van der Waals surface area contributed by atoms with E-state index in [1.54, 1.807) is 12.3 Å². The summed E-state index contributed by atoms with van der Waals surface area (Å²) in [4.78, 5) is 7.05. The summed E-state index contributed by atoms with van der Waals surface area (Å²) in [6.45, 7) is 4.13.